The van der Waals surface area contributed by atoms with Gasteiger partial charge in [0, 0.05) is 17.8 Å². The lowest BCUT2D eigenvalue weighted by molar-refractivity contribution is -0.120. The van der Waals surface area contributed by atoms with Gasteiger partial charge in [-0.1, -0.05) is 44.2 Å². The van der Waals surface area contributed by atoms with Gasteiger partial charge >= 0.3 is 0 Å². The van der Waals surface area contributed by atoms with Crippen molar-refractivity contribution in [2.45, 2.75) is 26.8 Å². The lowest BCUT2D eigenvalue weighted by Crippen LogP contribution is -2.30. The van der Waals surface area contributed by atoms with Crippen LogP contribution in [0.2, 0.25) is 0 Å². The fraction of sp³-hybridized carbons (Fsp3) is 0.259. The fourth-order valence-corrected chi connectivity index (χ4v) is 3.37. The standard InChI is InChI=1S/C27H29FN2O3/c1-19(2)17-29-26(31)15-20-10-12-24(13-11-20)30(18-21-6-4-8-23(28)14-21)27(32)22-7-5-9-25(16-22)33-3/h4-14,16,19H,15,17-18H2,1-3H3,(H,29,31). The number of rotatable bonds is 9. The van der Waals surface area contributed by atoms with Crippen LogP contribution in [0.15, 0.2) is 72.8 Å². The lowest BCUT2D eigenvalue weighted by Gasteiger charge is -2.24. The largest absolute Gasteiger partial charge is 0.497 e. The van der Waals surface area contributed by atoms with Crippen molar-refractivity contribution in [1.29, 1.82) is 0 Å². The van der Waals surface area contributed by atoms with Crippen LogP contribution in [0.1, 0.15) is 35.3 Å². The smallest absolute Gasteiger partial charge is 0.258 e. The second-order valence-electron chi connectivity index (χ2n) is 8.29. The van der Waals surface area contributed by atoms with E-state index in [1.807, 2.05) is 38.1 Å². The Morgan fingerprint density at radius 3 is 2.36 bits per heavy atom. The number of benzene rings is 3. The first-order valence-corrected chi connectivity index (χ1v) is 10.9. The monoisotopic (exact) mass is 448 g/mol. The van der Waals surface area contributed by atoms with Crippen LogP contribution in [-0.2, 0) is 17.8 Å². The molecule has 0 unspecified atom stereocenters. The number of anilines is 1. The van der Waals surface area contributed by atoms with Gasteiger partial charge in [0.25, 0.3) is 5.91 Å². The number of methoxy groups -OCH3 is 1. The number of hydrogen-bond donors (Lipinski definition) is 1. The van der Waals surface area contributed by atoms with Gasteiger partial charge in [0.1, 0.15) is 11.6 Å². The molecule has 6 heteroatoms. The summed E-state index contributed by atoms with van der Waals surface area (Å²) >= 11 is 0. The Morgan fingerprint density at radius 1 is 0.970 bits per heavy atom. The molecule has 0 spiro atoms. The fourth-order valence-electron chi connectivity index (χ4n) is 3.37. The second-order valence-corrected chi connectivity index (χ2v) is 8.29. The van der Waals surface area contributed by atoms with Crippen molar-refractivity contribution in [3.8, 4) is 5.75 Å². The van der Waals surface area contributed by atoms with Gasteiger partial charge in [-0.25, -0.2) is 4.39 Å². The highest BCUT2D eigenvalue weighted by Crippen LogP contribution is 2.23. The Hall–Kier alpha value is -3.67. The highest BCUT2D eigenvalue weighted by Gasteiger charge is 2.19. The maximum Gasteiger partial charge on any atom is 0.258 e. The van der Waals surface area contributed by atoms with Gasteiger partial charge in [-0.2, -0.15) is 0 Å². The number of carbonyl (C=O) groups excluding carboxylic acids is 2. The zero-order valence-electron chi connectivity index (χ0n) is 19.2. The van der Waals surface area contributed by atoms with Gasteiger partial charge in [0.05, 0.1) is 20.1 Å². The van der Waals surface area contributed by atoms with E-state index in [2.05, 4.69) is 5.32 Å². The Morgan fingerprint density at radius 2 is 1.70 bits per heavy atom. The molecule has 0 saturated heterocycles. The van der Waals surface area contributed by atoms with Crippen LogP contribution in [0.25, 0.3) is 0 Å². The molecular weight excluding hydrogens is 419 g/mol. The molecule has 172 valence electrons. The van der Waals surface area contributed by atoms with Crippen LogP contribution in [0.4, 0.5) is 10.1 Å². The Balaban J connectivity index is 1.85. The third-order valence-electron chi connectivity index (χ3n) is 5.11. The minimum absolute atomic E-state index is 0.0412. The van der Waals surface area contributed by atoms with Gasteiger partial charge in [0.2, 0.25) is 5.91 Å². The zero-order valence-corrected chi connectivity index (χ0v) is 19.2. The summed E-state index contributed by atoms with van der Waals surface area (Å²) in [5, 5.41) is 2.91. The van der Waals surface area contributed by atoms with Crippen molar-refractivity contribution >= 4 is 17.5 Å². The first-order valence-electron chi connectivity index (χ1n) is 10.9. The molecule has 3 aromatic carbocycles. The molecule has 0 bridgehead atoms. The predicted octanol–water partition coefficient (Wildman–Crippen LogP) is 5.00. The molecule has 0 fully saturated rings. The van der Waals surface area contributed by atoms with E-state index in [0.717, 1.165) is 5.56 Å². The van der Waals surface area contributed by atoms with Crippen molar-refractivity contribution < 1.29 is 18.7 Å². The number of ether oxygens (including phenoxy) is 1. The molecule has 0 heterocycles. The van der Waals surface area contributed by atoms with Gasteiger partial charge < -0.3 is 15.0 Å². The van der Waals surface area contributed by atoms with E-state index in [-0.39, 0.29) is 30.6 Å². The lowest BCUT2D eigenvalue weighted by atomic mass is 10.1. The quantitative estimate of drug-likeness (QED) is 0.501. The number of nitrogens with one attached hydrogen (secondary N) is 1. The van der Waals surface area contributed by atoms with Gasteiger partial charge in [-0.15, -0.1) is 0 Å². The Kier molecular flexibility index (Phi) is 8.19. The normalized spacial score (nSPS) is 10.7. The highest BCUT2D eigenvalue weighted by atomic mass is 19.1. The maximum atomic E-state index is 13.8. The zero-order chi connectivity index (χ0) is 23.8. The molecule has 0 aromatic heterocycles. The first kappa shape index (κ1) is 24.0. The van der Waals surface area contributed by atoms with Crippen LogP contribution < -0.4 is 15.0 Å². The summed E-state index contributed by atoms with van der Waals surface area (Å²) in [6.07, 6.45) is 0.265. The molecule has 2 amide bonds. The molecule has 0 aliphatic heterocycles. The van der Waals surface area contributed by atoms with E-state index < -0.39 is 0 Å². The van der Waals surface area contributed by atoms with Crippen LogP contribution >= 0.6 is 0 Å². The highest BCUT2D eigenvalue weighted by molar-refractivity contribution is 6.06. The third-order valence-corrected chi connectivity index (χ3v) is 5.11. The van der Waals surface area contributed by atoms with Crippen molar-refractivity contribution in [3.63, 3.8) is 0 Å². The third kappa shape index (κ3) is 6.91. The van der Waals surface area contributed by atoms with E-state index in [1.165, 1.54) is 12.1 Å². The van der Waals surface area contributed by atoms with Crippen LogP contribution in [0.5, 0.6) is 5.75 Å². The van der Waals surface area contributed by atoms with Crippen molar-refractivity contribution in [2.75, 3.05) is 18.6 Å². The van der Waals surface area contributed by atoms with Crippen LogP contribution in [0.3, 0.4) is 0 Å². The maximum absolute atomic E-state index is 13.8. The Labute approximate surface area is 194 Å². The van der Waals surface area contributed by atoms with E-state index in [1.54, 1.807) is 48.4 Å². The van der Waals surface area contributed by atoms with E-state index in [9.17, 15) is 14.0 Å². The molecule has 3 rings (SSSR count). The van der Waals surface area contributed by atoms with Crippen LogP contribution in [-0.4, -0.2) is 25.5 Å². The summed E-state index contributed by atoms with van der Waals surface area (Å²) in [4.78, 5) is 27.2. The van der Waals surface area contributed by atoms with Crippen LogP contribution in [0, 0.1) is 11.7 Å². The summed E-state index contributed by atoms with van der Waals surface area (Å²) in [6, 6.07) is 20.4. The molecule has 0 atom stereocenters. The van der Waals surface area contributed by atoms with Gasteiger partial charge in [0.15, 0.2) is 0 Å². The summed E-state index contributed by atoms with van der Waals surface area (Å²) < 4.78 is 19.0. The Bertz CT molecular complexity index is 1100. The number of hydrogen-bond acceptors (Lipinski definition) is 3. The molecule has 0 saturated carbocycles. The average Bonchev–Trinajstić information content (AvgIpc) is 2.81. The summed E-state index contributed by atoms with van der Waals surface area (Å²) in [7, 11) is 1.55. The number of nitrogens with zero attached hydrogens (tertiary/aromatic N) is 1. The minimum atomic E-state index is -0.357. The molecular formula is C27H29FN2O3. The predicted molar refractivity (Wildman–Crippen MR) is 128 cm³/mol. The van der Waals surface area contributed by atoms with Crippen molar-refractivity contribution in [2.24, 2.45) is 5.92 Å². The second kappa shape index (κ2) is 11.3. The number of amides is 2. The minimum Gasteiger partial charge on any atom is -0.497 e. The first-order chi connectivity index (χ1) is 15.9. The van der Waals surface area contributed by atoms with E-state index >= 15 is 0 Å². The van der Waals surface area contributed by atoms with Crippen molar-refractivity contribution in [3.05, 3.63) is 95.3 Å². The SMILES string of the molecule is COc1cccc(C(=O)N(Cc2cccc(F)c2)c2ccc(CC(=O)NCC(C)C)cc2)c1. The summed E-state index contributed by atoms with van der Waals surface area (Å²) in [5.41, 5.74) is 2.63. The summed E-state index contributed by atoms with van der Waals surface area (Å²) in [5.74, 6) is 0.329. The molecule has 3 aromatic rings. The van der Waals surface area contributed by atoms with E-state index in [4.69, 9.17) is 4.74 Å². The molecule has 0 radical (unpaired) electrons. The van der Waals surface area contributed by atoms with Gasteiger partial charge in [-0.3, -0.25) is 9.59 Å². The van der Waals surface area contributed by atoms with E-state index in [0.29, 0.717) is 35.0 Å². The molecule has 0 aliphatic carbocycles. The summed E-state index contributed by atoms with van der Waals surface area (Å²) in [6.45, 7) is 4.92. The molecule has 0 aliphatic rings. The molecule has 33 heavy (non-hydrogen) atoms. The van der Waals surface area contributed by atoms with Gasteiger partial charge in [-0.05, 0) is 59.5 Å². The van der Waals surface area contributed by atoms with Crippen molar-refractivity contribution in [1.82, 2.24) is 5.32 Å². The average molecular weight is 449 g/mol. The molecule has 1 N–H and O–H groups in total. The molecule has 5 nitrogen and oxygen atoms in total. The topological polar surface area (TPSA) is 58.6 Å². The number of halogens is 1. The number of carbonyl (C=O) groups is 2.